The van der Waals surface area contributed by atoms with Crippen molar-refractivity contribution in [3.8, 4) is 0 Å². The van der Waals surface area contributed by atoms with E-state index >= 15 is 0 Å². The molecule has 4 aromatic carbocycles. The Morgan fingerprint density at radius 1 is 0.865 bits per heavy atom. The van der Waals surface area contributed by atoms with Crippen molar-refractivity contribution >= 4 is 68.1 Å². The first kappa shape index (κ1) is 39.6. The molecule has 1 aliphatic carbocycles. The molecule has 0 spiro atoms. The van der Waals surface area contributed by atoms with Gasteiger partial charge in [0.2, 0.25) is 0 Å². The van der Waals surface area contributed by atoms with Crippen molar-refractivity contribution in [2.24, 2.45) is 0 Å². The minimum Gasteiger partial charge on any atom is -0.464 e. The van der Waals surface area contributed by atoms with Crippen LogP contribution in [0.5, 0.6) is 0 Å². The number of carbonyl (C=O) groups excluding carboxylic acids is 2. The largest absolute Gasteiger partial charge is 0.464 e. The highest BCUT2D eigenvalue weighted by molar-refractivity contribution is 9.10. The third-order valence-electron chi connectivity index (χ3n) is 9.73. The van der Waals surface area contributed by atoms with Crippen molar-refractivity contribution in [3.05, 3.63) is 122 Å². The van der Waals surface area contributed by atoms with Crippen LogP contribution in [-0.2, 0) is 33.8 Å². The first-order valence-corrected chi connectivity index (χ1v) is 19.4. The maximum Gasteiger partial charge on any atom is 0.338 e. The van der Waals surface area contributed by atoms with Gasteiger partial charge in [-0.1, -0.05) is 104 Å². The molecule has 0 aliphatic heterocycles. The Labute approximate surface area is 325 Å². The summed E-state index contributed by atoms with van der Waals surface area (Å²) in [5.74, 6) is -0.778. The van der Waals surface area contributed by atoms with Crippen LogP contribution >= 0.6 is 39.1 Å². The Morgan fingerprint density at radius 3 is 2.25 bits per heavy atom. The highest BCUT2D eigenvalue weighted by atomic mass is 79.9. The van der Waals surface area contributed by atoms with Crippen LogP contribution in [0.4, 0.5) is 17.1 Å². The van der Waals surface area contributed by atoms with Gasteiger partial charge in [-0.2, -0.15) is 0 Å². The molecule has 0 aromatic heterocycles. The van der Waals surface area contributed by atoms with Gasteiger partial charge in [-0.25, -0.2) is 4.79 Å². The predicted octanol–water partition coefficient (Wildman–Crippen LogP) is 9.73. The number of nitrogens with one attached hydrogen (secondary N) is 2. The van der Waals surface area contributed by atoms with Gasteiger partial charge in [0, 0.05) is 41.9 Å². The number of rotatable bonds is 17. The van der Waals surface area contributed by atoms with Gasteiger partial charge in [-0.3, -0.25) is 9.69 Å². The molecule has 0 radical (unpaired) electrons. The van der Waals surface area contributed by atoms with Crippen LogP contribution < -0.4 is 16.4 Å². The average Bonchev–Trinajstić information content (AvgIpc) is 3.15. The molecule has 5 rings (SSSR count). The highest BCUT2D eigenvalue weighted by Crippen LogP contribution is 2.34. The molecule has 4 N–H and O–H groups in total. The van der Waals surface area contributed by atoms with E-state index in [1.807, 2.05) is 60.7 Å². The third kappa shape index (κ3) is 11.2. The Morgan fingerprint density at radius 2 is 1.54 bits per heavy atom. The lowest BCUT2D eigenvalue weighted by Crippen LogP contribution is -2.45. The normalized spacial score (nSPS) is 13.9. The van der Waals surface area contributed by atoms with Crippen LogP contribution in [0.15, 0.2) is 89.4 Å². The maximum atomic E-state index is 13.3. The van der Waals surface area contributed by atoms with Crippen molar-refractivity contribution in [2.45, 2.75) is 70.5 Å². The zero-order chi connectivity index (χ0) is 36.9. The fraction of sp³-hybridized carbons (Fsp3) is 0.366. The molecule has 8 nitrogen and oxygen atoms in total. The van der Waals surface area contributed by atoms with Gasteiger partial charge in [0.1, 0.15) is 13.2 Å². The maximum absolute atomic E-state index is 13.3. The Balaban J connectivity index is 1.16. The molecular weight excluding hydrogens is 763 g/mol. The SMILES string of the molecule is CCC1(NCc2cc(C(=O)OCCN(CCOC(=O)Cc3ccccc3Nc3c(Cl)cccc3Cl)Cc3ccccc3)cc(Br)c2N)CCCCC1. The number of esters is 2. The number of ether oxygens (including phenoxy) is 2. The Bertz CT molecular complexity index is 1780. The number of nitrogens with zero attached hydrogens (tertiary/aromatic N) is 1. The van der Waals surface area contributed by atoms with Gasteiger partial charge in [-0.05, 0) is 82.2 Å². The van der Waals surface area contributed by atoms with Gasteiger partial charge < -0.3 is 25.8 Å². The summed E-state index contributed by atoms with van der Waals surface area (Å²) in [7, 11) is 0. The molecule has 11 heteroatoms. The van der Waals surface area contributed by atoms with Crippen LogP contribution in [0.1, 0.15) is 72.5 Å². The number of benzene rings is 4. The van der Waals surface area contributed by atoms with Crippen LogP contribution in [0.25, 0.3) is 0 Å². The van der Waals surface area contributed by atoms with Crippen molar-refractivity contribution in [1.29, 1.82) is 0 Å². The van der Waals surface area contributed by atoms with Gasteiger partial charge in [0.05, 0.1) is 33.4 Å². The van der Waals surface area contributed by atoms with E-state index in [1.54, 1.807) is 24.3 Å². The molecule has 0 amide bonds. The second-order valence-electron chi connectivity index (χ2n) is 13.3. The lowest BCUT2D eigenvalue weighted by atomic mass is 9.79. The van der Waals surface area contributed by atoms with E-state index < -0.39 is 5.97 Å². The van der Waals surface area contributed by atoms with E-state index in [2.05, 4.69) is 38.4 Å². The molecule has 0 unspecified atom stereocenters. The quantitative estimate of drug-likeness (QED) is 0.0716. The first-order chi connectivity index (χ1) is 25.2. The van der Waals surface area contributed by atoms with E-state index in [4.69, 9.17) is 38.4 Å². The Kier molecular flexibility index (Phi) is 14.8. The molecule has 4 aromatic rings. The molecule has 1 aliphatic rings. The first-order valence-electron chi connectivity index (χ1n) is 17.9. The molecular formula is C41H47BrCl2N4O4. The van der Waals surface area contributed by atoms with Crippen LogP contribution in [0.3, 0.4) is 0 Å². The standard InChI is InChI=1S/C41H47BrCl2N4O4/c1-2-41(18-9-4-10-19-41)46-27-32-24-31(25-33(42)38(32)45)40(50)52-23-21-48(28-29-12-5-3-6-13-29)20-22-51-37(49)26-30-14-7-8-17-36(30)47-39-34(43)15-11-16-35(39)44/h3,5-8,11-17,24-25,46-47H,2,4,9-10,18-23,26-28,45H2,1H3. The lowest BCUT2D eigenvalue weighted by molar-refractivity contribution is -0.143. The summed E-state index contributed by atoms with van der Waals surface area (Å²) in [5, 5.41) is 7.98. The monoisotopic (exact) mass is 808 g/mol. The van der Waals surface area contributed by atoms with E-state index in [0.29, 0.717) is 63.3 Å². The summed E-state index contributed by atoms with van der Waals surface area (Å²) in [5.41, 5.74) is 11.6. The van der Waals surface area contributed by atoms with Gasteiger partial charge in [0.15, 0.2) is 0 Å². The number of hydrogen-bond acceptors (Lipinski definition) is 8. The number of anilines is 3. The second-order valence-corrected chi connectivity index (χ2v) is 14.9. The van der Waals surface area contributed by atoms with Crippen molar-refractivity contribution in [2.75, 3.05) is 37.4 Å². The van der Waals surface area contributed by atoms with Crippen molar-refractivity contribution in [3.63, 3.8) is 0 Å². The third-order valence-corrected chi connectivity index (χ3v) is 11.0. The number of para-hydroxylation sites is 2. The Hall–Kier alpha value is -3.60. The topological polar surface area (TPSA) is 106 Å². The molecule has 0 saturated heterocycles. The van der Waals surface area contributed by atoms with Gasteiger partial charge >= 0.3 is 11.9 Å². The number of carbonyl (C=O) groups is 2. The fourth-order valence-corrected chi connectivity index (χ4v) is 7.60. The molecule has 0 heterocycles. The summed E-state index contributed by atoms with van der Waals surface area (Å²) in [6.07, 6.45) is 7.15. The smallest absolute Gasteiger partial charge is 0.338 e. The van der Waals surface area contributed by atoms with E-state index in [1.165, 1.54) is 19.3 Å². The number of halogens is 3. The van der Waals surface area contributed by atoms with Crippen LogP contribution in [0, 0.1) is 0 Å². The predicted molar refractivity (Wildman–Crippen MR) is 214 cm³/mol. The van der Waals surface area contributed by atoms with Crippen LogP contribution in [0.2, 0.25) is 10.0 Å². The van der Waals surface area contributed by atoms with Crippen molar-refractivity contribution < 1.29 is 19.1 Å². The van der Waals surface area contributed by atoms with E-state index in [0.717, 1.165) is 36.0 Å². The minimum atomic E-state index is -0.415. The zero-order valence-electron chi connectivity index (χ0n) is 29.6. The fourth-order valence-electron chi connectivity index (χ4n) is 6.61. The molecule has 1 fully saturated rings. The number of hydrogen-bond donors (Lipinski definition) is 3. The molecule has 52 heavy (non-hydrogen) atoms. The minimum absolute atomic E-state index is 0.0651. The zero-order valence-corrected chi connectivity index (χ0v) is 32.7. The molecule has 1 saturated carbocycles. The summed E-state index contributed by atoms with van der Waals surface area (Å²) in [6.45, 7) is 4.66. The summed E-state index contributed by atoms with van der Waals surface area (Å²) >= 11 is 16.3. The van der Waals surface area contributed by atoms with Crippen molar-refractivity contribution in [1.82, 2.24) is 10.2 Å². The second kappa shape index (κ2) is 19.5. The van der Waals surface area contributed by atoms with Gasteiger partial charge in [0.25, 0.3) is 0 Å². The lowest BCUT2D eigenvalue weighted by Gasteiger charge is -2.38. The number of nitrogen functional groups attached to an aromatic ring is 1. The summed E-state index contributed by atoms with van der Waals surface area (Å²) in [4.78, 5) is 28.4. The van der Waals surface area contributed by atoms with Gasteiger partial charge in [-0.15, -0.1) is 0 Å². The number of nitrogens with two attached hydrogens (primary N) is 1. The summed E-state index contributed by atoms with van der Waals surface area (Å²) < 4.78 is 12.1. The molecule has 0 atom stereocenters. The molecule has 276 valence electrons. The average molecular weight is 811 g/mol. The van der Waals surface area contributed by atoms with E-state index in [9.17, 15) is 9.59 Å². The van der Waals surface area contributed by atoms with Crippen LogP contribution in [-0.4, -0.2) is 48.7 Å². The summed E-state index contributed by atoms with van der Waals surface area (Å²) in [6, 6.07) is 26.3. The van der Waals surface area contributed by atoms with E-state index in [-0.39, 0.29) is 31.1 Å². The molecule has 0 bridgehead atoms. The highest BCUT2D eigenvalue weighted by Gasteiger charge is 2.29.